The van der Waals surface area contributed by atoms with Crippen molar-refractivity contribution in [2.24, 2.45) is 5.92 Å². The lowest BCUT2D eigenvalue weighted by molar-refractivity contribution is 0.536. The zero-order valence-corrected chi connectivity index (χ0v) is 16.9. The van der Waals surface area contributed by atoms with Gasteiger partial charge in [0.1, 0.15) is 0 Å². The van der Waals surface area contributed by atoms with Gasteiger partial charge in [-0.15, -0.1) is 0 Å². The molecule has 1 aliphatic rings. The molecule has 1 fully saturated rings. The van der Waals surface area contributed by atoms with Crippen molar-refractivity contribution in [1.82, 2.24) is 19.9 Å². The van der Waals surface area contributed by atoms with Gasteiger partial charge in [-0.05, 0) is 97.2 Å². The molecule has 4 heteroatoms. The van der Waals surface area contributed by atoms with Crippen LogP contribution < -0.4 is 0 Å². The summed E-state index contributed by atoms with van der Waals surface area (Å²) in [7, 11) is 0. The topological polar surface area (TPSA) is 51.6 Å². The third kappa shape index (κ3) is 4.13. The van der Waals surface area contributed by atoms with Crippen LogP contribution >= 0.6 is 0 Å². The summed E-state index contributed by atoms with van der Waals surface area (Å²) >= 11 is 0. The van der Waals surface area contributed by atoms with Crippen LogP contribution in [0.3, 0.4) is 0 Å². The minimum atomic E-state index is 0.595. The second-order valence-corrected chi connectivity index (χ2v) is 8.03. The van der Waals surface area contributed by atoms with Crippen LogP contribution in [0.5, 0.6) is 0 Å². The van der Waals surface area contributed by atoms with Gasteiger partial charge in [-0.3, -0.25) is 19.9 Å². The van der Waals surface area contributed by atoms with E-state index in [4.69, 9.17) is 0 Å². The molecule has 1 aliphatic carbocycles. The first-order chi connectivity index (χ1) is 14.8. The van der Waals surface area contributed by atoms with Crippen LogP contribution in [0.4, 0.5) is 0 Å². The maximum absolute atomic E-state index is 4.53. The molecule has 1 saturated carbocycles. The lowest BCUT2D eigenvalue weighted by Crippen LogP contribution is -2.02. The monoisotopic (exact) mass is 392 g/mol. The van der Waals surface area contributed by atoms with Crippen molar-refractivity contribution in [1.29, 1.82) is 0 Å². The Bertz CT molecular complexity index is 1110. The summed E-state index contributed by atoms with van der Waals surface area (Å²) in [5.74, 6) is 1.29. The summed E-state index contributed by atoms with van der Waals surface area (Å²) in [5, 5.41) is 0. The van der Waals surface area contributed by atoms with Crippen molar-refractivity contribution in [3.05, 3.63) is 96.6 Å². The molecule has 5 rings (SSSR count). The zero-order valence-electron chi connectivity index (χ0n) is 16.9. The van der Waals surface area contributed by atoms with Gasteiger partial charge in [-0.1, -0.05) is 12.1 Å². The number of aromatic nitrogens is 4. The fourth-order valence-corrected chi connectivity index (χ4v) is 4.51. The molecule has 4 nitrogen and oxygen atoms in total. The summed E-state index contributed by atoms with van der Waals surface area (Å²) in [6.07, 6.45) is 12.3. The SMILES string of the molecule is c1ccc(-c2cc(CC3CCC(c4ccnc(-c5ccccn5)c4)C3)ccn2)nc1. The molecule has 0 saturated heterocycles. The van der Waals surface area contributed by atoms with Crippen LogP contribution in [0.1, 0.15) is 36.3 Å². The lowest BCUT2D eigenvalue weighted by atomic mass is 9.93. The smallest absolute Gasteiger partial charge is 0.0888 e. The summed E-state index contributed by atoms with van der Waals surface area (Å²) in [5.41, 5.74) is 6.52. The van der Waals surface area contributed by atoms with Crippen LogP contribution in [0.2, 0.25) is 0 Å². The number of rotatable bonds is 5. The Kier molecular flexibility index (Phi) is 5.30. The van der Waals surface area contributed by atoms with Gasteiger partial charge in [-0.2, -0.15) is 0 Å². The second-order valence-electron chi connectivity index (χ2n) is 8.03. The Balaban J connectivity index is 1.28. The first-order valence-corrected chi connectivity index (χ1v) is 10.6. The molecule has 0 spiro atoms. The van der Waals surface area contributed by atoms with E-state index in [1.54, 1.807) is 0 Å². The van der Waals surface area contributed by atoms with E-state index >= 15 is 0 Å². The highest BCUT2D eigenvalue weighted by Crippen LogP contribution is 2.40. The van der Waals surface area contributed by atoms with E-state index in [0.29, 0.717) is 11.8 Å². The van der Waals surface area contributed by atoms with Crippen molar-refractivity contribution >= 4 is 0 Å². The Morgan fingerprint density at radius 3 is 2.00 bits per heavy atom. The maximum atomic E-state index is 4.53. The van der Waals surface area contributed by atoms with Crippen molar-refractivity contribution in [3.8, 4) is 22.8 Å². The summed E-state index contributed by atoms with van der Waals surface area (Å²) in [6.45, 7) is 0. The van der Waals surface area contributed by atoms with Gasteiger partial charge in [0, 0.05) is 24.8 Å². The standard InChI is InChI=1S/C26H24N4/c1-3-11-27-23(5-1)25-17-20(9-13-29-25)15-19-7-8-21(16-19)22-10-14-30-26(18-22)24-6-2-4-12-28-24/h1-6,9-14,17-19,21H,7-8,15-16H2. The van der Waals surface area contributed by atoms with E-state index in [0.717, 1.165) is 29.2 Å². The van der Waals surface area contributed by atoms with Crippen LogP contribution in [0.15, 0.2) is 85.5 Å². The van der Waals surface area contributed by atoms with Gasteiger partial charge in [-0.25, -0.2) is 0 Å². The molecular formula is C26H24N4. The molecule has 0 radical (unpaired) electrons. The van der Waals surface area contributed by atoms with Crippen LogP contribution in [-0.4, -0.2) is 19.9 Å². The molecule has 30 heavy (non-hydrogen) atoms. The fraction of sp³-hybridized carbons (Fsp3) is 0.231. The number of nitrogens with zero attached hydrogens (tertiary/aromatic N) is 4. The molecule has 0 aromatic carbocycles. The van der Waals surface area contributed by atoms with E-state index in [9.17, 15) is 0 Å². The Hall–Kier alpha value is -3.40. The predicted octanol–water partition coefficient (Wildman–Crippen LogP) is 5.73. The predicted molar refractivity (Wildman–Crippen MR) is 119 cm³/mol. The minimum absolute atomic E-state index is 0.595. The minimum Gasteiger partial charge on any atom is -0.255 e. The third-order valence-electron chi connectivity index (χ3n) is 6.00. The Labute approximate surface area is 177 Å². The summed E-state index contributed by atoms with van der Waals surface area (Å²) < 4.78 is 0. The van der Waals surface area contributed by atoms with Gasteiger partial charge in [0.2, 0.25) is 0 Å². The molecule has 4 heterocycles. The highest BCUT2D eigenvalue weighted by Gasteiger charge is 2.26. The van der Waals surface area contributed by atoms with Crippen molar-refractivity contribution in [3.63, 3.8) is 0 Å². The number of hydrogen-bond donors (Lipinski definition) is 0. The van der Waals surface area contributed by atoms with Crippen LogP contribution in [0.25, 0.3) is 22.8 Å². The summed E-state index contributed by atoms with van der Waals surface area (Å²) in [4.78, 5) is 17.9. The Morgan fingerprint density at radius 2 is 1.30 bits per heavy atom. The fourth-order valence-electron chi connectivity index (χ4n) is 4.51. The molecule has 4 aromatic heterocycles. The van der Waals surface area contributed by atoms with Gasteiger partial charge < -0.3 is 0 Å². The summed E-state index contributed by atoms with van der Waals surface area (Å²) in [6, 6.07) is 20.7. The molecule has 2 atom stereocenters. The van der Waals surface area contributed by atoms with E-state index < -0.39 is 0 Å². The average molecular weight is 393 g/mol. The van der Waals surface area contributed by atoms with Crippen molar-refractivity contribution in [2.45, 2.75) is 31.6 Å². The maximum Gasteiger partial charge on any atom is 0.0888 e. The van der Waals surface area contributed by atoms with Crippen LogP contribution in [-0.2, 0) is 6.42 Å². The van der Waals surface area contributed by atoms with E-state index in [2.05, 4.69) is 44.2 Å². The van der Waals surface area contributed by atoms with Gasteiger partial charge in [0.05, 0.1) is 22.8 Å². The molecule has 0 bridgehead atoms. The quantitative estimate of drug-likeness (QED) is 0.435. The number of hydrogen-bond acceptors (Lipinski definition) is 4. The number of pyridine rings is 4. The lowest BCUT2D eigenvalue weighted by Gasteiger charge is -2.13. The highest BCUT2D eigenvalue weighted by atomic mass is 14.8. The van der Waals surface area contributed by atoms with E-state index in [-0.39, 0.29) is 0 Å². The molecule has 4 aromatic rings. The molecule has 0 amide bonds. The molecule has 2 unspecified atom stereocenters. The van der Waals surface area contributed by atoms with Gasteiger partial charge >= 0.3 is 0 Å². The zero-order chi connectivity index (χ0) is 20.2. The molecule has 0 aliphatic heterocycles. The van der Waals surface area contributed by atoms with Crippen LogP contribution in [0, 0.1) is 5.92 Å². The average Bonchev–Trinajstić information content (AvgIpc) is 3.29. The first-order valence-electron chi connectivity index (χ1n) is 10.6. The first kappa shape index (κ1) is 18.6. The molecule has 0 N–H and O–H groups in total. The van der Waals surface area contributed by atoms with E-state index in [1.807, 2.05) is 61.2 Å². The Morgan fingerprint density at radius 1 is 0.633 bits per heavy atom. The molecule has 148 valence electrons. The normalized spacial score (nSPS) is 18.4. The van der Waals surface area contributed by atoms with E-state index in [1.165, 1.54) is 30.4 Å². The largest absolute Gasteiger partial charge is 0.255 e. The van der Waals surface area contributed by atoms with Gasteiger partial charge in [0.25, 0.3) is 0 Å². The highest BCUT2D eigenvalue weighted by molar-refractivity contribution is 5.55. The van der Waals surface area contributed by atoms with Crippen molar-refractivity contribution in [2.75, 3.05) is 0 Å². The second kappa shape index (κ2) is 8.54. The molecular weight excluding hydrogens is 368 g/mol. The third-order valence-corrected chi connectivity index (χ3v) is 6.00. The van der Waals surface area contributed by atoms with Crippen molar-refractivity contribution < 1.29 is 0 Å². The van der Waals surface area contributed by atoms with Gasteiger partial charge in [0.15, 0.2) is 0 Å².